The fourth-order valence-electron chi connectivity index (χ4n) is 2.00. The Labute approximate surface area is 127 Å². The van der Waals surface area contributed by atoms with Gasteiger partial charge in [0.15, 0.2) is 0 Å². The average Bonchev–Trinajstić information content (AvgIpc) is 2.72. The first-order chi connectivity index (χ1) is 9.52. The third kappa shape index (κ3) is 3.43. The van der Waals surface area contributed by atoms with Gasteiger partial charge in [-0.25, -0.2) is 9.37 Å². The highest BCUT2D eigenvalue weighted by atomic mass is 35.5. The van der Waals surface area contributed by atoms with Gasteiger partial charge in [0, 0.05) is 19.2 Å². The molecule has 0 radical (unpaired) electrons. The molecular formula is C14H17Cl2FN2O. The number of aromatic nitrogens is 2. The maximum atomic E-state index is 13.5. The second-order valence-corrected chi connectivity index (χ2v) is 5.71. The van der Waals surface area contributed by atoms with Crippen molar-refractivity contribution in [2.45, 2.75) is 26.3 Å². The number of alkyl halides is 1. The SMILES string of the molecule is CC(C)COCCn1c(CCl)nc2cc(F)c(Cl)cc21. The van der Waals surface area contributed by atoms with Crippen molar-refractivity contribution >= 4 is 34.2 Å². The zero-order chi connectivity index (χ0) is 14.7. The number of imidazole rings is 1. The summed E-state index contributed by atoms with van der Waals surface area (Å²) in [6.07, 6.45) is 0. The van der Waals surface area contributed by atoms with Gasteiger partial charge >= 0.3 is 0 Å². The second-order valence-electron chi connectivity index (χ2n) is 5.04. The Kier molecular flexibility index (Phi) is 5.24. The van der Waals surface area contributed by atoms with Crippen molar-refractivity contribution in [2.75, 3.05) is 13.2 Å². The summed E-state index contributed by atoms with van der Waals surface area (Å²) in [7, 11) is 0. The summed E-state index contributed by atoms with van der Waals surface area (Å²) in [4.78, 5) is 4.32. The lowest BCUT2D eigenvalue weighted by molar-refractivity contribution is 0.103. The molecule has 1 heterocycles. The maximum absolute atomic E-state index is 13.5. The molecule has 0 saturated carbocycles. The Morgan fingerprint density at radius 2 is 2.15 bits per heavy atom. The van der Waals surface area contributed by atoms with E-state index in [4.69, 9.17) is 27.9 Å². The molecule has 2 aromatic rings. The van der Waals surface area contributed by atoms with Crippen LogP contribution in [-0.4, -0.2) is 22.8 Å². The van der Waals surface area contributed by atoms with Gasteiger partial charge in [-0.1, -0.05) is 25.4 Å². The minimum absolute atomic E-state index is 0.0860. The van der Waals surface area contributed by atoms with Crippen LogP contribution in [0, 0.1) is 11.7 Å². The van der Waals surface area contributed by atoms with E-state index in [0.717, 1.165) is 5.52 Å². The molecule has 0 N–H and O–H groups in total. The van der Waals surface area contributed by atoms with E-state index in [0.29, 0.717) is 37.0 Å². The number of fused-ring (bicyclic) bond motifs is 1. The van der Waals surface area contributed by atoms with E-state index in [-0.39, 0.29) is 10.9 Å². The molecule has 0 spiro atoms. The molecule has 0 saturated heterocycles. The molecule has 0 aliphatic carbocycles. The molecule has 110 valence electrons. The van der Waals surface area contributed by atoms with E-state index < -0.39 is 5.82 Å². The Morgan fingerprint density at radius 3 is 2.80 bits per heavy atom. The summed E-state index contributed by atoms with van der Waals surface area (Å²) in [5, 5.41) is 0.0860. The van der Waals surface area contributed by atoms with Gasteiger partial charge in [0.05, 0.1) is 28.5 Å². The van der Waals surface area contributed by atoms with E-state index in [1.165, 1.54) is 6.07 Å². The average molecular weight is 319 g/mol. The van der Waals surface area contributed by atoms with Gasteiger partial charge in [0.2, 0.25) is 0 Å². The highest BCUT2D eigenvalue weighted by Crippen LogP contribution is 2.24. The zero-order valence-electron chi connectivity index (χ0n) is 11.5. The van der Waals surface area contributed by atoms with Gasteiger partial charge in [-0.05, 0) is 12.0 Å². The highest BCUT2D eigenvalue weighted by Gasteiger charge is 2.13. The van der Waals surface area contributed by atoms with Crippen molar-refractivity contribution in [3.8, 4) is 0 Å². The van der Waals surface area contributed by atoms with E-state index >= 15 is 0 Å². The van der Waals surface area contributed by atoms with E-state index in [1.54, 1.807) is 6.07 Å². The van der Waals surface area contributed by atoms with Crippen LogP contribution in [0.1, 0.15) is 19.7 Å². The lowest BCUT2D eigenvalue weighted by Gasteiger charge is -2.10. The monoisotopic (exact) mass is 318 g/mol. The topological polar surface area (TPSA) is 27.1 Å². The summed E-state index contributed by atoms with van der Waals surface area (Å²) >= 11 is 11.7. The standard InChI is InChI=1S/C14H17Cl2FN2O/c1-9(2)8-20-4-3-19-13-5-10(16)11(17)6-12(13)18-14(19)7-15/h5-6,9H,3-4,7-8H2,1-2H3. The van der Waals surface area contributed by atoms with Crippen molar-refractivity contribution < 1.29 is 9.13 Å². The number of hydrogen-bond acceptors (Lipinski definition) is 2. The quantitative estimate of drug-likeness (QED) is 0.588. The maximum Gasteiger partial charge on any atom is 0.144 e. The predicted octanol–water partition coefficient (Wildman–Crippen LogP) is 4.24. The Bertz CT molecular complexity index is 598. The third-order valence-electron chi connectivity index (χ3n) is 2.90. The van der Waals surface area contributed by atoms with Crippen molar-refractivity contribution in [3.05, 3.63) is 28.8 Å². The van der Waals surface area contributed by atoms with Gasteiger partial charge in [0.25, 0.3) is 0 Å². The van der Waals surface area contributed by atoms with Crippen LogP contribution < -0.4 is 0 Å². The first-order valence-corrected chi connectivity index (χ1v) is 7.42. The molecule has 6 heteroatoms. The Balaban J connectivity index is 2.23. The lowest BCUT2D eigenvalue weighted by Crippen LogP contribution is -2.11. The number of nitrogens with zero attached hydrogens (tertiary/aromatic N) is 2. The molecule has 0 atom stereocenters. The first kappa shape index (κ1) is 15.5. The van der Waals surface area contributed by atoms with Crippen molar-refractivity contribution in [2.24, 2.45) is 5.92 Å². The van der Waals surface area contributed by atoms with Crippen LogP contribution in [0.4, 0.5) is 4.39 Å². The summed E-state index contributed by atoms with van der Waals surface area (Å²) in [5.41, 5.74) is 1.34. The number of halogens is 3. The van der Waals surface area contributed by atoms with E-state index in [9.17, 15) is 4.39 Å². The van der Waals surface area contributed by atoms with Gasteiger partial charge in [-0.3, -0.25) is 0 Å². The summed E-state index contributed by atoms with van der Waals surface area (Å²) < 4.78 is 20.9. The van der Waals surface area contributed by atoms with Crippen LogP contribution in [0.25, 0.3) is 11.0 Å². The molecule has 1 aromatic heterocycles. The molecule has 0 fully saturated rings. The minimum atomic E-state index is -0.471. The fourth-order valence-corrected chi connectivity index (χ4v) is 2.36. The molecule has 0 unspecified atom stereocenters. The molecule has 0 aliphatic rings. The molecule has 2 rings (SSSR count). The smallest absolute Gasteiger partial charge is 0.144 e. The van der Waals surface area contributed by atoms with Gasteiger partial charge < -0.3 is 9.30 Å². The largest absolute Gasteiger partial charge is 0.379 e. The van der Waals surface area contributed by atoms with Crippen LogP contribution in [0.2, 0.25) is 5.02 Å². The van der Waals surface area contributed by atoms with Crippen LogP contribution in [0.15, 0.2) is 12.1 Å². The highest BCUT2D eigenvalue weighted by molar-refractivity contribution is 6.31. The Hall–Kier alpha value is -0.840. The fraction of sp³-hybridized carbons (Fsp3) is 0.500. The number of rotatable bonds is 6. The molecule has 0 aliphatic heterocycles. The minimum Gasteiger partial charge on any atom is -0.379 e. The summed E-state index contributed by atoms with van der Waals surface area (Å²) in [6, 6.07) is 2.91. The van der Waals surface area contributed by atoms with Gasteiger partial charge in [0.1, 0.15) is 11.6 Å². The van der Waals surface area contributed by atoms with Crippen LogP contribution in [-0.2, 0) is 17.2 Å². The summed E-state index contributed by atoms with van der Waals surface area (Å²) in [6.45, 7) is 6.08. The number of ether oxygens (including phenoxy) is 1. The van der Waals surface area contributed by atoms with Gasteiger partial charge in [-0.2, -0.15) is 0 Å². The zero-order valence-corrected chi connectivity index (χ0v) is 13.0. The van der Waals surface area contributed by atoms with Crippen LogP contribution in [0.5, 0.6) is 0 Å². The third-order valence-corrected chi connectivity index (χ3v) is 3.43. The van der Waals surface area contributed by atoms with Crippen molar-refractivity contribution in [1.29, 1.82) is 0 Å². The molecule has 3 nitrogen and oxygen atoms in total. The van der Waals surface area contributed by atoms with Crippen molar-refractivity contribution in [1.82, 2.24) is 9.55 Å². The van der Waals surface area contributed by atoms with Crippen LogP contribution in [0.3, 0.4) is 0 Å². The molecule has 0 bridgehead atoms. The predicted molar refractivity (Wildman–Crippen MR) is 79.9 cm³/mol. The second kappa shape index (κ2) is 6.74. The molecule has 1 aromatic carbocycles. The normalized spacial score (nSPS) is 11.7. The first-order valence-electron chi connectivity index (χ1n) is 6.50. The Morgan fingerprint density at radius 1 is 1.40 bits per heavy atom. The van der Waals surface area contributed by atoms with E-state index in [2.05, 4.69) is 18.8 Å². The molecule has 0 amide bonds. The van der Waals surface area contributed by atoms with Gasteiger partial charge in [-0.15, -0.1) is 11.6 Å². The molecular weight excluding hydrogens is 302 g/mol. The van der Waals surface area contributed by atoms with Crippen molar-refractivity contribution in [3.63, 3.8) is 0 Å². The number of hydrogen-bond donors (Lipinski definition) is 0. The lowest BCUT2D eigenvalue weighted by atomic mass is 10.2. The van der Waals surface area contributed by atoms with Crippen LogP contribution >= 0.6 is 23.2 Å². The van der Waals surface area contributed by atoms with E-state index in [1.807, 2.05) is 4.57 Å². The number of benzene rings is 1. The summed E-state index contributed by atoms with van der Waals surface area (Å²) in [5.74, 6) is 0.973. The molecule has 20 heavy (non-hydrogen) atoms.